The van der Waals surface area contributed by atoms with Crippen LogP contribution in [-0.4, -0.2) is 26.4 Å². The van der Waals surface area contributed by atoms with Crippen molar-refractivity contribution in [2.45, 2.75) is 46.3 Å². The summed E-state index contributed by atoms with van der Waals surface area (Å²) in [5.74, 6) is -0.0873. The summed E-state index contributed by atoms with van der Waals surface area (Å²) in [6.07, 6.45) is -0.698. The second kappa shape index (κ2) is 5.25. The maximum Gasteiger partial charge on any atom is 0.413 e. The molecule has 19 heavy (non-hydrogen) atoms. The summed E-state index contributed by atoms with van der Waals surface area (Å²) in [6, 6.07) is 1.01. The molecule has 0 saturated heterocycles. The quantitative estimate of drug-likeness (QED) is 0.672. The lowest BCUT2D eigenvalue weighted by atomic mass is 10.2. The summed E-state index contributed by atoms with van der Waals surface area (Å²) in [5.41, 5.74) is -0.642. The van der Waals surface area contributed by atoms with E-state index in [4.69, 9.17) is 4.74 Å². The molecule has 1 amide bonds. The Morgan fingerprint density at radius 2 is 2.11 bits per heavy atom. The van der Waals surface area contributed by atoms with Crippen LogP contribution in [0.1, 0.15) is 40.7 Å². The number of ether oxygens (including phenoxy) is 1. The van der Waals surface area contributed by atoms with E-state index in [1.54, 1.807) is 34.6 Å². The van der Waals surface area contributed by atoms with Gasteiger partial charge in [-0.15, -0.1) is 4.68 Å². The third-order valence-electron chi connectivity index (χ3n) is 2.02. The molecular weight excluding hydrogens is 252 g/mol. The van der Waals surface area contributed by atoms with Gasteiger partial charge in [-0.05, 0) is 39.5 Å². The van der Waals surface area contributed by atoms with Crippen LogP contribution in [0.5, 0.6) is 0 Å². The normalized spacial score (nSPS) is 11.5. The van der Waals surface area contributed by atoms with Crippen molar-refractivity contribution in [2.75, 3.05) is 5.32 Å². The Labute approximate surface area is 110 Å². The lowest BCUT2D eigenvalue weighted by Gasteiger charge is -2.18. The Hall–Kier alpha value is -2.12. The summed E-state index contributed by atoms with van der Waals surface area (Å²) in [6.45, 7) is 8.69. The van der Waals surface area contributed by atoms with Gasteiger partial charge in [0.05, 0.1) is 6.07 Å². The van der Waals surface area contributed by atoms with E-state index in [9.17, 15) is 14.9 Å². The number of carbonyl (C=O) groups is 1. The molecule has 0 fully saturated rings. The molecule has 0 saturated carbocycles. The average Bonchev–Trinajstić information content (AvgIpc) is 2.58. The molecule has 0 unspecified atom stereocenters. The Kier molecular flexibility index (Phi) is 4.13. The van der Waals surface area contributed by atoms with E-state index < -0.39 is 16.6 Å². The molecule has 0 atom stereocenters. The predicted molar refractivity (Wildman–Crippen MR) is 69.1 cm³/mol. The largest absolute Gasteiger partial charge is 0.444 e. The van der Waals surface area contributed by atoms with Crippen molar-refractivity contribution in [3.63, 3.8) is 0 Å². The van der Waals surface area contributed by atoms with Gasteiger partial charge in [0.25, 0.3) is 0 Å². The van der Waals surface area contributed by atoms with Gasteiger partial charge >= 0.3 is 11.9 Å². The van der Waals surface area contributed by atoms with Crippen LogP contribution in [0.2, 0.25) is 0 Å². The smallest absolute Gasteiger partial charge is 0.413 e. The number of rotatable bonds is 3. The van der Waals surface area contributed by atoms with E-state index in [0.717, 1.165) is 0 Å². The highest BCUT2D eigenvalue weighted by molar-refractivity contribution is 5.83. The Morgan fingerprint density at radius 3 is 2.47 bits per heavy atom. The number of aromatic nitrogens is 2. The van der Waals surface area contributed by atoms with Gasteiger partial charge in [-0.25, -0.2) is 4.79 Å². The molecule has 0 aliphatic carbocycles. The number of carbonyl (C=O) groups excluding carboxylic acids is 1. The third kappa shape index (κ3) is 4.23. The molecule has 0 aliphatic heterocycles. The molecule has 8 heteroatoms. The minimum Gasteiger partial charge on any atom is -0.444 e. The van der Waals surface area contributed by atoms with E-state index in [2.05, 4.69) is 10.4 Å². The lowest BCUT2D eigenvalue weighted by Crippen LogP contribution is -2.27. The van der Waals surface area contributed by atoms with Crippen LogP contribution in [0.3, 0.4) is 0 Å². The molecule has 0 spiro atoms. The fraction of sp³-hybridized carbons (Fsp3) is 0.636. The van der Waals surface area contributed by atoms with Crippen LogP contribution in [0.25, 0.3) is 0 Å². The first-order valence-corrected chi connectivity index (χ1v) is 5.84. The molecule has 8 nitrogen and oxygen atoms in total. The van der Waals surface area contributed by atoms with Crippen LogP contribution in [0.15, 0.2) is 6.07 Å². The van der Waals surface area contributed by atoms with E-state index >= 15 is 0 Å². The first-order chi connectivity index (χ1) is 8.60. The second-order valence-corrected chi connectivity index (χ2v) is 5.31. The molecule has 0 bridgehead atoms. The van der Waals surface area contributed by atoms with Crippen molar-refractivity contribution in [3.05, 3.63) is 16.2 Å². The second-order valence-electron chi connectivity index (χ2n) is 5.31. The van der Waals surface area contributed by atoms with Crippen molar-refractivity contribution in [1.29, 1.82) is 0 Å². The minimum atomic E-state index is -0.698. The van der Waals surface area contributed by atoms with Crippen molar-refractivity contribution in [1.82, 2.24) is 9.78 Å². The van der Waals surface area contributed by atoms with E-state index in [1.807, 2.05) is 0 Å². The lowest BCUT2D eigenvalue weighted by molar-refractivity contribution is -0.393. The van der Waals surface area contributed by atoms with E-state index in [-0.39, 0.29) is 17.7 Å². The van der Waals surface area contributed by atoms with Gasteiger partial charge in [-0.3, -0.25) is 5.32 Å². The summed E-state index contributed by atoms with van der Waals surface area (Å²) in [4.78, 5) is 21.8. The Balaban J connectivity index is 2.89. The first-order valence-electron chi connectivity index (χ1n) is 5.84. The number of amides is 1. The SMILES string of the molecule is CC(C)n1nc(NC(=O)OC(C)(C)C)cc1[N+](=O)[O-]. The topological polar surface area (TPSA) is 99.3 Å². The molecule has 1 heterocycles. The van der Waals surface area contributed by atoms with Crippen LogP contribution in [-0.2, 0) is 4.74 Å². The van der Waals surface area contributed by atoms with Gasteiger partial charge in [-0.1, -0.05) is 5.10 Å². The third-order valence-corrected chi connectivity index (χ3v) is 2.02. The Morgan fingerprint density at radius 1 is 1.53 bits per heavy atom. The zero-order valence-electron chi connectivity index (χ0n) is 11.6. The van der Waals surface area contributed by atoms with Gasteiger partial charge in [0.2, 0.25) is 0 Å². The van der Waals surface area contributed by atoms with Gasteiger partial charge in [-0.2, -0.15) is 0 Å². The van der Waals surface area contributed by atoms with Crippen molar-refractivity contribution >= 4 is 17.7 Å². The standard InChI is InChI=1S/C11H18N4O4/c1-7(2)14-9(15(17)18)6-8(13-14)12-10(16)19-11(3,4)5/h6-7H,1-5H3,(H,12,13,16). The molecule has 106 valence electrons. The molecule has 1 aromatic rings. The number of nitro groups is 1. The molecule has 1 rings (SSSR count). The Bertz CT molecular complexity index is 487. The fourth-order valence-electron chi connectivity index (χ4n) is 1.37. The monoisotopic (exact) mass is 270 g/mol. The molecule has 0 aliphatic rings. The fourth-order valence-corrected chi connectivity index (χ4v) is 1.37. The summed E-state index contributed by atoms with van der Waals surface area (Å²) in [5, 5.41) is 17.2. The zero-order valence-corrected chi connectivity index (χ0v) is 11.6. The summed E-state index contributed by atoms with van der Waals surface area (Å²) >= 11 is 0. The predicted octanol–water partition coefficient (Wildman–Crippen LogP) is 2.72. The van der Waals surface area contributed by atoms with Gasteiger partial charge < -0.3 is 14.9 Å². The number of nitrogens with one attached hydrogen (secondary N) is 1. The zero-order chi connectivity index (χ0) is 14.8. The number of anilines is 1. The van der Waals surface area contributed by atoms with Crippen LogP contribution >= 0.6 is 0 Å². The number of hydrogen-bond donors (Lipinski definition) is 1. The summed E-state index contributed by atoms with van der Waals surface area (Å²) in [7, 11) is 0. The van der Waals surface area contributed by atoms with Crippen LogP contribution in [0, 0.1) is 10.1 Å². The highest BCUT2D eigenvalue weighted by Crippen LogP contribution is 2.21. The minimum absolute atomic E-state index is 0.0923. The number of nitrogens with zero attached hydrogens (tertiary/aromatic N) is 3. The summed E-state index contributed by atoms with van der Waals surface area (Å²) < 4.78 is 6.27. The van der Waals surface area contributed by atoms with Gasteiger partial charge in [0.15, 0.2) is 5.82 Å². The highest BCUT2D eigenvalue weighted by Gasteiger charge is 2.23. The van der Waals surface area contributed by atoms with Crippen LogP contribution < -0.4 is 5.32 Å². The van der Waals surface area contributed by atoms with Crippen molar-refractivity contribution in [2.24, 2.45) is 0 Å². The first kappa shape index (κ1) is 14.9. The molecular formula is C11H18N4O4. The maximum absolute atomic E-state index is 11.5. The van der Waals surface area contributed by atoms with Gasteiger partial charge in [0.1, 0.15) is 11.6 Å². The molecule has 1 N–H and O–H groups in total. The van der Waals surface area contributed by atoms with E-state index in [1.165, 1.54) is 10.7 Å². The van der Waals surface area contributed by atoms with Crippen molar-refractivity contribution < 1.29 is 14.5 Å². The van der Waals surface area contributed by atoms with Crippen molar-refractivity contribution in [3.8, 4) is 0 Å². The molecule has 0 aromatic carbocycles. The van der Waals surface area contributed by atoms with Crippen LogP contribution in [0.4, 0.5) is 16.4 Å². The molecule has 0 radical (unpaired) electrons. The average molecular weight is 270 g/mol. The molecule has 1 aromatic heterocycles. The van der Waals surface area contributed by atoms with Gasteiger partial charge in [0, 0.05) is 0 Å². The highest BCUT2D eigenvalue weighted by atomic mass is 16.6. The number of hydrogen-bond acceptors (Lipinski definition) is 5. The maximum atomic E-state index is 11.5. The van der Waals surface area contributed by atoms with E-state index in [0.29, 0.717) is 0 Å².